The molecule has 0 radical (unpaired) electrons. The molecule has 7 heteroatoms. The number of halogens is 2. The predicted octanol–water partition coefficient (Wildman–Crippen LogP) is 3.58. The first-order valence-corrected chi connectivity index (χ1v) is 8.54. The van der Waals surface area contributed by atoms with E-state index in [0.29, 0.717) is 18.0 Å². The van der Waals surface area contributed by atoms with Crippen molar-refractivity contribution in [2.75, 3.05) is 13.1 Å². The van der Waals surface area contributed by atoms with Crippen molar-refractivity contribution >= 4 is 17.2 Å². The van der Waals surface area contributed by atoms with Gasteiger partial charge in [-0.3, -0.25) is 4.79 Å². The van der Waals surface area contributed by atoms with Crippen LogP contribution >= 0.6 is 11.3 Å². The van der Waals surface area contributed by atoms with E-state index in [4.69, 9.17) is 5.73 Å². The Morgan fingerprint density at radius 2 is 1.83 bits per heavy atom. The molecule has 2 aromatic rings. The van der Waals surface area contributed by atoms with Crippen molar-refractivity contribution in [2.45, 2.75) is 25.5 Å². The van der Waals surface area contributed by atoms with Crippen molar-refractivity contribution < 1.29 is 18.3 Å². The predicted molar refractivity (Wildman–Crippen MR) is 89.5 cm³/mol. The number of rotatable bonds is 4. The Morgan fingerprint density at radius 1 is 1.17 bits per heavy atom. The number of likely N-dealkylation sites (tertiary alicyclic amines) is 1. The Labute approximate surface area is 142 Å². The van der Waals surface area contributed by atoms with Crippen LogP contribution in [0.25, 0.3) is 10.4 Å². The number of nitrogens with two attached hydrogens (primary N) is 1. The van der Waals surface area contributed by atoms with Gasteiger partial charge in [-0.05, 0) is 54.8 Å². The van der Waals surface area contributed by atoms with Gasteiger partial charge in [0.1, 0.15) is 5.75 Å². The molecule has 0 bridgehead atoms. The van der Waals surface area contributed by atoms with E-state index in [1.54, 1.807) is 18.2 Å². The Hall–Kier alpha value is -1.99. The molecule has 4 nitrogen and oxygen atoms in total. The molecule has 2 heterocycles. The molecule has 128 valence electrons. The number of ether oxygens (including phenoxy) is 1. The highest BCUT2D eigenvalue weighted by Gasteiger charge is 2.22. The van der Waals surface area contributed by atoms with E-state index in [9.17, 15) is 13.6 Å². The summed E-state index contributed by atoms with van der Waals surface area (Å²) in [5.41, 5.74) is 6.73. The minimum absolute atomic E-state index is 0.0239. The Morgan fingerprint density at radius 3 is 2.46 bits per heavy atom. The highest BCUT2D eigenvalue weighted by molar-refractivity contribution is 7.17. The van der Waals surface area contributed by atoms with E-state index < -0.39 is 6.61 Å². The van der Waals surface area contributed by atoms with Crippen LogP contribution in [0.5, 0.6) is 5.75 Å². The third-order valence-electron chi connectivity index (χ3n) is 4.01. The minimum atomic E-state index is -2.83. The quantitative estimate of drug-likeness (QED) is 0.915. The number of carbonyl (C=O) groups is 1. The zero-order valence-corrected chi connectivity index (χ0v) is 13.8. The fourth-order valence-corrected chi connectivity index (χ4v) is 3.65. The first-order chi connectivity index (χ1) is 11.5. The number of thiophene rings is 1. The summed E-state index contributed by atoms with van der Waals surface area (Å²) in [6, 6.07) is 10.3. The van der Waals surface area contributed by atoms with Crippen LogP contribution in [0.1, 0.15) is 22.5 Å². The molecule has 0 aliphatic carbocycles. The van der Waals surface area contributed by atoms with Gasteiger partial charge in [0.25, 0.3) is 5.91 Å². The Kier molecular flexibility index (Phi) is 5.11. The zero-order chi connectivity index (χ0) is 17.1. The first-order valence-electron chi connectivity index (χ1n) is 7.73. The molecular weight excluding hydrogens is 334 g/mol. The van der Waals surface area contributed by atoms with E-state index >= 15 is 0 Å². The molecule has 3 rings (SSSR count). The van der Waals surface area contributed by atoms with Gasteiger partial charge in [-0.2, -0.15) is 8.78 Å². The molecule has 1 amide bonds. The summed E-state index contributed by atoms with van der Waals surface area (Å²) < 4.78 is 28.7. The maximum absolute atomic E-state index is 12.5. The van der Waals surface area contributed by atoms with Crippen LogP contribution in [0.4, 0.5) is 8.78 Å². The number of piperidine rings is 1. The SMILES string of the molecule is NC1CCN(C(=O)c2ccc(-c3ccc(OC(F)F)cc3)s2)CC1. The Bertz CT molecular complexity index is 695. The van der Waals surface area contributed by atoms with Crippen molar-refractivity contribution in [3.8, 4) is 16.2 Å². The molecule has 1 fully saturated rings. The smallest absolute Gasteiger partial charge is 0.387 e. The highest BCUT2D eigenvalue weighted by Crippen LogP contribution is 2.30. The van der Waals surface area contributed by atoms with E-state index in [0.717, 1.165) is 23.3 Å². The minimum Gasteiger partial charge on any atom is -0.435 e. The molecule has 1 aromatic heterocycles. The fraction of sp³-hybridized carbons (Fsp3) is 0.353. The molecule has 24 heavy (non-hydrogen) atoms. The standard InChI is InChI=1S/C17H18F2N2O2S/c18-17(19)23-13-3-1-11(2-4-13)14-5-6-15(24-14)16(22)21-9-7-12(20)8-10-21/h1-6,12,17H,7-10,20H2. The maximum atomic E-state index is 12.5. The molecular formula is C17H18F2N2O2S. The van der Waals surface area contributed by atoms with Gasteiger partial charge in [0.2, 0.25) is 0 Å². The molecule has 0 spiro atoms. The summed E-state index contributed by atoms with van der Waals surface area (Å²) in [5, 5.41) is 0. The summed E-state index contributed by atoms with van der Waals surface area (Å²) in [4.78, 5) is 15.9. The van der Waals surface area contributed by atoms with Crippen molar-refractivity contribution in [1.82, 2.24) is 4.90 Å². The lowest BCUT2D eigenvalue weighted by Gasteiger charge is -2.29. The summed E-state index contributed by atoms with van der Waals surface area (Å²) in [7, 11) is 0. The molecule has 1 aromatic carbocycles. The van der Waals surface area contributed by atoms with E-state index in [-0.39, 0.29) is 17.7 Å². The highest BCUT2D eigenvalue weighted by atomic mass is 32.1. The zero-order valence-electron chi connectivity index (χ0n) is 13.0. The van der Waals surface area contributed by atoms with E-state index in [2.05, 4.69) is 4.74 Å². The van der Waals surface area contributed by atoms with Gasteiger partial charge in [-0.1, -0.05) is 0 Å². The third kappa shape index (κ3) is 3.91. The van der Waals surface area contributed by atoms with E-state index in [1.807, 2.05) is 11.0 Å². The number of nitrogens with zero attached hydrogens (tertiary/aromatic N) is 1. The third-order valence-corrected chi connectivity index (χ3v) is 5.13. The van der Waals surface area contributed by atoms with Crippen molar-refractivity contribution in [2.24, 2.45) is 5.73 Å². The molecule has 0 unspecified atom stereocenters. The number of hydrogen-bond acceptors (Lipinski definition) is 4. The van der Waals surface area contributed by atoms with Gasteiger partial charge in [-0.25, -0.2) is 0 Å². The number of benzene rings is 1. The second kappa shape index (κ2) is 7.27. The fourth-order valence-electron chi connectivity index (χ4n) is 2.67. The van der Waals surface area contributed by atoms with Gasteiger partial charge < -0.3 is 15.4 Å². The molecule has 2 N–H and O–H groups in total. The summed E-state index contributed by atoms with van der Waals surface area (Å²) in [5.74, 6) is 0.141. The van der Waals surface area contributed by atoms with Crippen LogP contribution in [0.15, 0.2) is 36.4 Å². The molecule has 1 aliphatic rings. The van der Waals surface area contributed by atoms with Crippen molar-refractivity contribution in [1.29, 1.82) is 0 Å². The largest absolute Gasteiger partial charge is 0.435 e. The number of hydrogen-bond donors (Lipinski definition) is 1. The number of carbonyl (C=O) groups excluding carboxylic acids is 1. The first kappa shape index (κ1) is 16.9. The summed E-state index contributed by atoms with van der Waals surface area (Å²) in [6.45, 7) is -1.46. The molecule has 0 atom stereocenters. The lowest BCUT2D eigenvalue weighted by Crippen LogP contribution is -2.42. The average molecular weight is 352 g/mol. The van der Waals surface area contributed by atoms with Gasteiger partial charge in [-0.15, -0.1) is 11.3 Å². The average Bonchev–Trinajstić information content (AvgIpc) is 3.05. The molecule has 1 saturated heterocycles. The van der Waals surface area contributed by atoms with Crippen molar-refractivity contribution in [3.63, 3.8) is 0 Å². The van der Waals surface area contributed by atoms with Crippen molar-refractivity contribution in [3.05, 3.63) is 41.3 Å². The Balaban J connectivity index is 1.69. The van der Waals surface area contributed by atoms with Gasteiger partial charge in [0, 0.05) is 24.0 Å². The molecule has 1 aliphatic heterocycles. The lowest BCUT2D eigenvalue weighted by atomic mass is 10.1. The van der Waals surface area contributed by atoms with E-state index in [1.165, 1.54) is 23.5 Å². The second-order valence-electron chi connectivity index (χ2n) is 5.70. The normalized spacial score (nSPS) is 15.8. The van der Waals surface area contributed by atoms with Gasteiger partial charge >= 0.3 is 6.61 Å². The monoisotopic (exact) mass is 352 g/mol. The van der Waals surface area contributed by atoms with Crippen LogP contribution in [-0.2, 0) is 0 Å². The van der Waals surface area contributed by atoms with Crippen LogP contribution in [0, 0.1) is 0 Å². The van der Waals surface area contributed by atoms with Gasteiger partial charge in [0.15, 0.2) is 0 Å². The lowest BCUT2D eigenvalue weighted by molar-refractivity contribution is -0.0498. The van der Waals surface area contributed by atoms with Crippen LogP contribution in [0.3, 0.4) is 0 Å². The van der Waals surface area contributed by atoms with Crippen LogP contribution in [-0.4, -0.2) is 36.5 Å². The maximum Gasteiger partial charge on any atom is 0.387 e. The van der Waals surface area contributed by atoms with Crippen LogP contribution < -0.4 is 10.5 Å². The number of alkyl halides is 2. The molecule has 0 saturated carbocycles. The summed E-state index contributed by atoms with van der Waals surface area (Å²) >= 11 is 1.40. The second-order valence-corrected chi connectivity index (χ2v) is 6.78. The number of amides is 1. The summed E-state index contributed by atoms with van der Waals surface area (Å²) in [6.07, 6.45) is 1.66. The van der Waals surface area contributed by atoms with Crippen LogP contribution in [0.2, 0.25) is 0 Å². The van der Waals surface area contributed by atoms with Gasteiger partial charge in [0.05, 0.1) is 4.88 Å². The topological polar surface area (TPSA) is 55.6 Å².